The minimum absolute atomic E-state index is 0.230. The number of hydrogen-bond acceptors (Lipinski definition) is 2. The molecule has 0 fully saturated rings. The average molecular weight is 333 g/mol. The molecule has 0 aliphatic rings. The molecule has 2 rings (SSSR count). The van der Waals surface area contributed by atoms with E-state index in [0.29, 0.717) is 0 Å². The van der Waals surface area contributed by atoms with E-state index in [1.165, 1.54) is 22.3 Å². The molecule has 2 aromatic rings. The first-order valence-corrected chi connectivity index (χ1v) is 7.65. The molecule has 1 atom stereocenters. The first-order valence-electron chi connectivity index (χ1n) is 6.86. The zero-order valence-corrected chi connectivity index (χ0v) is 13.6. The third-order valence-electron chi connectivity index (χ3n) is 3.75. The summed E-state index contributed by atoms with van der Waals surface area (Å²) in [5.41, 5.74) is 8.29. The van der Waals surface area contributed by atoms with Crippen LogP contribution >= 0.6 is 15.9 Å². The van der Waals surface area contributed by atoms with E-state index in [1.54, 1.807) is 0 Å². The van der Waals surface area contributed by atoms with Crippen molar-refractivity contribution in [2.45, 2.75) is 32.7 Å². The van der Waals surface area contributed by atoms with E-state index in [-0.39, 0.29) is 6.04 Å². The minimum atomic E-state index is 0.230. The molecule has 0 aliphatic heterocycles. The predicted molar refractivity (Wildman–Crippen MR) is 88.6 cm³/mol. The Kier molecular flexibility index (Phi) is 5.35. The van der Waals surface area contributed by atoms with Gasteiger partial charge in [0, 0.05) is 10.5 Å². The molecule has 106 valence electrons. The Morgan fingerprint density at radius 3 is 2.25 bits per heavy atom. The van der Waals surface area contributed by atoms with Gasteiger partial charge in [-0.05, 0) is 55.0 Å². The van der Waals surface area contributed by atoms with Crippen LogP contribution in [-0.2, 0) is 12.8 Å². The number of benzene rings is 2. The van der Waals surface area contributed by atoms with E-state index in [1.807, 2.05) is 6.07 Å². The standard InChI is InChI=1S/C17H21BrN2/c1-12-6-5-7-13(2)16(12)11-15(20-19)10-14-8-3-4-9-17(14)18/h3-9,15,20H,10-11,19H2,1-2H3. The summed E-state index contributed by atoms with van der Waals surface area (Å²) < 4.78 is 1.14. The maximum absolute atomic E-state index is 5.75. The molecular weight excluding hydrogens is 312 g/mol. The van der Waals surface area contributed by atoms with Crippen molar-refractivity contribution in [3.8, 4) is 0 Å². The number of halogens is 1. The van der Waals surface area contributed by atoms with E-state index >= 15 is 0 Å². The summed E-state index contributed by atoms with van der Waals surface area (Å²) in [6, 6.07) is 15.0. The highest BCUT2D eigenvalue weighted by molar-refractivity contribution is 9.10. The van der Waals surface area contributed by atoms with Gasteiger partial charge in [-0.2, -0.15) is 0 Å². The molecule has 0 aliphatic carbocycles. The molecule has 2 nitrogen and oxygen atoms in total. The molecule has 3 N–H and O–H groups in total. The highest BCUT2D eigenvalue weighted by Gasteiger charge is 2.13. The Bertz CT molecular complexity index is 561. The van der Waals surface area contributed by atoms with Crippen molar-refractivity contribution >= 4 is 15.9 Å². The Labute approximate surface area is 129 Å². The van der Waals surface area contributed by atoms with Crippen LogP contribution in [-0.4, -0.2) is 6.04 Å². The molecule has 1 unspecified atom stereocenters. The summed E-state index contributed by atoms with van der Waals surface area (Å²) in [4.78, 5) is 0. The third kappa shape index (κ3) is 3.69. The summed E-state index contributed by atoms with van der Waals surface area (Å²) in [6.45, 7) is 4.32. The zero-order chi connectivity index (χ0) is 14.5. The highest BCUT2D eigenvalue weighted by Crippen LogP contribution is 2.20. The smallest absolute Gasteiger partial charge is 0.0291 e. The van der Waals surface area contributed by atoms with Crippen molar-refractivity contribution in [2.24, 2.45) is 5.84 Å². The number of rotatable bonds is 5. The lowest BCUT2D eigenvalue weighted by atomic mass is 9.93. The number of nitrogens with two attached hydrogens (primary N) is 1. The number of hydrogen-bond donors (Lipinski definition) is 2. The second kappa shape index (κ2) is 7.02. The second-order valence-corrected chi connectivity index (χ2v) is 6.09. The van der Waals surface area contributed by atoms with Crippen LogP contribution in [0.15, 0.2) is 46.9 Å². The zero-order valence-electron chi connectivity index (χ0n) is 12.0. The summed E-state index contributed by atoms with van der Waals surface area (Å²) in [5, 5.41) is 0. The largest absolute Gasteiger partial charge is 0.271 e. The summed E-state index contributed by atoms with van der Waals surface area (Å²) >= 11 is 3.60. The van der Waals surface area contributed by atoms with Crippen LogP contribution < -0.4 is 11.3 Å². The van der Waals surface area contributed by atoms with E-state index in [2.05, 4.69) is 71.6 Å². The lowest BCUT2D eigenvalue weighted by Crippen LogP contribution is -2.38. The monoisotopic (exact) mass is 332 g/mol. The summed E-state index contributed by atoms with van der Waals surface area (Å²) in [6.07, 6.45) is 1.85. The molecule has 20 heavy (non-hydrogen) atoms. The Morgan fingerprint density at radius 1 is 1.00 bits per heavy atom. The number of hydrazine groups is 1. The fraction of sp³-hybridized carbons (Fsp3) is 0.294. The van der Waals surface area contributed by atoms with Crippen LogP contribution in [0, 0.1) is 13.8 Å². The lowest BCUT2D eigenvalue weighted by molar-refractivity contribution is 0.520. The van der Waals surface area contributed by atoms with Crippen LogP contribution in [0.25, 0.3) is 0 Å². The molecule has 0 bridgehead atoms. The van der Waals surface area contributed by atoms with Gasteiger partial charge in [-0.1, -0.05) is 52.3 Å². The van der Waals surface area contributed by atoms with Gasteiger partial charge in [0.05, 0.1) is 0 Å². The molecule has 0 heterocycles. The van der Waals surface area contributed by atoms with Crippen molar-refractivity contribution in [1.29, 1.82) is 0 Å². The highest BCUT2D eigenvalue weighted by atomic mass is 79.9. The summed E-state index contributed by atoms with van der Waals surface area (Å²) in [7, 11) is 0. The normalized spacial score (nSPS) is 12.4. The average Bonchev–Trinajstić information content (AvgIpc) is 2.44. The van der Waals surface area contributed by atoms with Crippen molar-refractivity contribution in [3.63, 3.8) is 0 Å². The van der Waals surface area contributed by atoms with Gasteiger partial charge in [0.1, 0.15) is 0 Å². The molecule has 0 saturated heterocycles. The first kappa shape index (κ1) is 15.2. The van der Waals surface area contributed by atoms with Crippen molar-refractivity contribution in [2.75, 3.05) is 0 Å². The Morgan fingerprint density at radius 2 is 1.65 bits per heavy atom. The molecule has 0 aromatic heterocycles. The SMILES string of the molecule is Cc1cccc(C)c1CC(Cc1ccccc1Br)NN. The Balaban J connectivity index is 2.16. The van der Waals surface area contributed by atoms with E-state index in [9.17, 15) is 0 Å². The molecule has 0 radical (unpaired) electrons. The van der Waals surface area contributed by atoms with Crippen molar-refractivity contribution in [3.05, 3.63) is 69.2 Å². The van der Waals surface area contributed by atoms with Crippen LogP contribution in [0.2, 0.25) is 0 Å². The van der Waals surface area contributed by atoms with Crippen LogP contribution in [0.3, 0.4) is 0 Å². The molecular formula is C17H21BrN2. The van der Waals surface area contributed by atoms with E-state index < -0.39 is 0 Å². The number of aryl methyl sites for hydroxylation is 2. The lowest BCUT2D eigenvalue weighted by Gasteiger charge is -2.19. The van der Waals surface area contributed by atoms with Crippen LogP contribution in [0.5, 0.6) is 0 Å². The van der Waals surface area contributed by atoms with E-state index in [0.717, 1.165) is 17.3 Å². The quantitative estimate of drug-likeness (QED) is 0.647. The molecule has 0 spiro atoms. The topological polar surface area (TPSA) is 38.0 Å². The maximum atomic E-state index is 5.75. The predicted octanol–water partition coefficient (Wildman–Crippen LogP) is 3.68. The molecule has 0 saturated carbocycles. The van der Waals surface area contributed by atoms with Crippen LogP contribution in [0.1, 0.15) is 22.3 Å². The van der Waals surface area contributed by atoms with Gasteiger partial charge in [0.25, 0.3) is 0 Å². The van der Waals surface area contributed by atoms with Gasteiger partial charge in [-0.3, -0.25) is 11.3 Å². The third-order valence-corrected chi connectivity index (χ3v) is 4.53. The van der Waals surface area contributed by atoms with Crippen LogP contribution in [0.4, 0.5) is 0 Å². The molecule has 0 amide bonds. The van der Waals surface area contributed by atoms with Crippen molar-refractivity contribution in [1.82, 2.24) is 5.43 Å². The van der Waals surface area contributed by atoms with Gasteiger partial charge >= 0.3 is 0 Å². The number of nitrogens with one attached hydrogen (secondary N) is 1. The fourth-order valence-corrected chi connectivity index (χ4v) is 2.98. The fourth-order valence-electron chi connectivity index (χ4n) is 2.54. The first-order chi connectivity index (χ1) is 9.61. The van der Waals surface area contributed by atoms with Gasteiger partial charge < -0.3 is 0 Å². The van der Waals surface area contributed by atoms with Gasteiger partial charge in [-0.25, -0.2) is 0 Å². The van der Waals surface area contributed by atoms with Gasteiger partial charge in [0.15, 0.2) is 0 Å². The van der Waals surface area contributed by atoms with Gasteiger partial charge in [0.2, 0.25) is 0 Å². The Hall–Kier alpha value is -1.16. The maximum Gasteiger partial charge on any atom is 0.0291 e. The van der Waals surface area contributed by atoms with Gasteiger partial charge in [-0.15, -0.1) is 0 Å². The van der Waals surface area contributed by atoms with E-state index in [4.69, 9.17) is 5.84 Å². The molecule has 2 aromatic carbocycles. The van der Waals surface area contributed by atoms with Crippen molar-refractivity contribution < 1.29 is 0 Å². The molecule has 3 heteroatoms. The second-order valence-electron chi connectivity index (χ2n) is 5.23. The minimum Gasteiger partial charge on any atom is -0.271 e. The summed E-state index contributed by atoms with van der Waals surface area (Å²) in [5.74, 6) is 5.75.